The molecule has 0 fully saturated rings. The first-order valence-electron chi connectivity index (χ1n) is 6.29. The number of carbonyl (C=O) groups excluding carboxylic acids is 1. The number of aromatic amines is 1. The Bertz CT molecular complexity index is 798. The monoisotopic (exact) mass is 361 g/mol. The van der Waals surface area contributed by atoms with E-state index in [1.54, 1.807) is 23.9 Å². The number of H-pyrrole nitrogens is 1. The third kappa shape index (κ3) is 3.11. The molecule has 1 heterocycles. The molecule has 2 aromatic carbocycles. The summed E-state index contributed by atoms with van der Waals surface area (Å²) in [6.07, 6.45) is 0. The van der Waals surface area contributed by atoms with Crippen LogP contribution in [0.25, 0.3) is 11.0 Å². The number of fused-ring (bicyclic) bond motifs is 1. The van der Waals surface area contributed by atoms with Crippen molar-refractivity contribution >= 4 is 44.6 Å². The van der Waals surface area contributed by atoms with Crippen molar-refractivity contribution in [3.8, 4) is 0 Å². The van der Waals surface area contributed by atoms with E-state index in [1.807, 2.05) is 18.2 Å². The first-order valence-corrected chi connectivity index (χ1v) is 8.07. The molecular weight excluding hydrogens is 350 g/mol. The van der Waals surface area contributed by atoms with Gasteiger partial charge in [0.05, 0.1) is 11.1 Å². The molecule has 0 radical (unpaired) electrons. The highest BCUT2D eigenvalue weighted by Gasteiger charge is 2.11. The predicted octanol–water partition coefficient (Wildman–Crippen LogP) is 3.72. The van der Waals surface area contributed by atoms with Crippen LogP contribution in [0.3, 0.4) is 0 Å². The molecule has 21 heavy (non-hydrogen) atoms. The smallest absolute Gasteiger partial charge is 0.250 e. The van der Waals surface area contributed by atoms with E-state index in [-0.39, 0.29) is 0 Å². The third-order valence-electron chi connectivity index (χ3n) is 3.05. The molecule has 4 nitrogen and oxygen atoms in total. The molecule has 0 saturated heterocycles. The number of imidazole rings is 1. The van der Waals surface area contributed by atoms with Crippen molar-refractivity contribution < 1.29 is 4.79 Å². The third-order valence-corrected chi connectivity index (χ3v) is 4.52. The van der Waals surface area contributed by atoms with Crippen LogP contribution >= 0.6 is 27.7 Å². The van der Waals surface area contributed by atoms with Crippen molar-refractivity contribution in [2.24, 2.45) is 5.73 Å². The number of nitrogens with zero attached hydrogens (tertiary/aromatic N) is 1. The molecule has 3 rings (SSSR count). The number of hydrogen-bond acceptors (Lipinski definition) is 3. The number of nitrogens with two attached hydrogens (primary N) is 1. The summed E-state index contributed by atoms with van der Waals surface area (Å²) in [7, 11) is 0. The van der Waals surface area contributed by atoms with Crippen LogP contribution in [0.4, 0.5) is 0 Å². The summed E-state index contributed by atoms with van der Waals surface area (Å²) in [6.45, 7) is 0. The maximum atomic E-state index is 11.4. The van der Waals surface area contributed by atoms with Crippen LogP contribution in [0.5, 0.6) is 0 Å². The Hall–Kier alpha value is -1.79. The molecule has 0 aliphatic rings. The van der Waals surface area contributed by atoms with E-state index in [0.29, 0.717) is 11.1 Å². The lowest BCUT2D eigenvalue weighted by molar-refractivity contribution is 0.100. The second-order valence-electron chi connectivity index (χ2n) is 4.52. The number of thioether (sulfide) groups is 1. The van der Waals surface area contributed by atoms with Gasteiger partial charge >= 0.3 is 0 Å². The van der Waals surface area contributed by atoms with Gasteiger partial charge in [0.15, 0.2) is 5.16 Å². The lowest BCUT2D eigenvalue weighted by atomic mass is 10.2. The Morgan fingerprint density at radius 1 is 1.24 bits per heavy atom. The van der Waals surface area contributed by atoms with E-state index in [9.17, 15) is 4.79 Å². The molecule has 0 atom stereocenters. The molecule has 0 saturated carbocycles. The lowest BCUT2D eigenvalue weighted by Gasteiger charge is -1.99. The number of hydrogen-bond donors (Lipinski definition) is 2. The molecule has 0 bridgehead atoms. The molecule has 0 spiro atoms. The van der Waals surface area contributed by atoms with Gasteiger partial charge in [-0.05, 0) is 29.8 Å². The van der Waals surface area contributed by atoms with Gasteiger partial charge in [-0.25, -0.2) is 4.98 Å². The standard InChI is InChI=1S/C15H12BrN3OS/c16-10-6-4-9(5-7-10)8-21-15-18-12-3-1-2-11(14(17)20)13(12)19-15/h1-7H,8H2,(H2,17,20)(H,18,19). The van der Waals surface area contributed by atoms with Gasteiger partial charge in [-0.2, -0.15) is 0 Å². The van der Waals surface area contributed by atoms with Crippen LogP contribution in [-0.4, -0.2) is 15.9 Å². The Morgan fingerprint density at radius 3 is 2.71 bits per heavy atom. The average Bonchev–Trinajstić information content (AvgIpc) is 2.89. The molecule has 1 amide bonds. The maximum Gasteiger partial charge on any atom is 0.250 e. The number of carbonyl (C=O) groups is 1. The van der Waals surface area contributed by atoms with Gasteiger partial charge in [-0.1, -0.05) is 45.9 Å². The van der Waals surface area contributed by atoms with Crippen molar-refractivity contribution in [1.29, 1.82) is 0 Å². The normalized spacial score (nSPS) is 10.9. The van der Waals surface area contributed by atoms with Crippen LogP contribution in [-0.2, 0) is 5.75 Å². The molecule has 3 aromatic rings. The van der Waals surface area contributed by atoms with Crippen LogP contribution in [0.2, 0.25) is 0 Å². The van der Waals surface area contributed by atoms with Crippen molar-refractivity contribution in [2.45, 2.75) is 10.9 Å². The molecule has 0 aliphatic heterocycles. The van der Waals surface area contributed by atoms with Gasteiger partial charge in [-0.15, -0.1) is 0 Å². The quantitative estimate of drug-likeness (QED) is 0.695. The van der Waals surface area contributed by atoms with Crippen molar-refractivity contribution in [2.75, 3.05) is 0 Å². The maximum absolute atomic E-state index is 11.4. The van der Waals surface area contributed by atoms with Gasteiger partial charge < -0.3 is 10.7 Å². The largest absolute Gasteiger partial charge is 0.366 e. The average molecular weight is 362 g/mol. The number of halogens is 1. The molecule has 0 aliphatic carbocycles. The highest BCUT2D eigenvalue weighted by atomic mass is 79.9. The summed E-state index contributed by atoms with van der Waals surface area (Å²) >= 11 is 5.01. The van der Waals surface area contributed by atoms with Crippen LogP contribution < -0.4 is 5.73 Å². The molecule has 6 heteroatoms. The second kappa shape index (κ2) is 5.91. The summed E-state index contributed by atoms with van der Waals surface area (Å²) < 4.78 is 1.06. The number of amides is 1. The van der Waals surface area contributed by atoms with Crippen LogP contribution in [0, 0.1) is 0 Å². The highest BCUT2D eigenvalue weighted by molar-refractivity contribution is 9.10. The second-order valence-corrected chi connectivity index (χ2v) is 6.40. The van der Waals surface area contributed by atoms with Gasteiger partial charge in [-0.3, -0.25) is 4.79 Å². The van der Waals surface area contributed by atoms with E-state index in [2.05, 4.69) is 38.0 Å². The van der Waals surface area contributed by atoms with Gasteiger partial charge in [0.25, 0.3) is 5.91 Å². The Morgan fingerprint density at radius 2 is 2.00 bits per heavy atom. The minimum absolute atomic E-state index is 0.444. The number of aromatic nitrogens is 2. The first-order chi connectivity index (χ1) is 10.1. The summed E-state index contributed by atoms with van der Waals surface area (Å²) in [4.78, 5) is 19.1. The minimum atomic E-state index is -0.462. The van der Waals surface area contributed by atoms with E-state index in [4.69, 9.17) is 5.73 Å². The van der Waals surface area contributed by atoms with Crippen molar-refractivity contribution in [1.82, 2.24) is 9.97 Å². The van der Waals surface area contributed by atoms with E-state index < -0.39 is 5.91 Å². The van der Waals surface area contributed by atoms with Crippen LogP contribution in [0.1, 0.15) is 15.9 Å². The predicted molar refractivity (Wildman–Crippen MR) is 88.3 cm³/mol. The van der Waals surface area contributed by atoms with E-state index in [0.717, 1.165) is 20.9 Å². The zero-order chi connectivity index (χ0) is 14.8. The topological polar surface area (TPSA) is 71.8 Å². The fraction of sp³-hybridized carbons (Fsp3) is 0.0667. The van der Waals surface area contributed by atoms with E-state index in [1.165, 1.54) is 5.56 Å². The van der Waals surface area contributed by atoms with Crippen LogP contribution in [0.15, 0.2) is 52.1 Å². The summed E-state index contributed by atoms with van der Waals surface area (Å²) in [5, 5.41) is 0.779. The van der Waals surface area contributed by atoms with Crippen molar-refractivity contribution in [3.63, 3.8) is 0 Å². The van der Waals surface area contributed by atoms with Crippen molar-refractivity contribution in [3.05, 3.63) is 58.1 Å². The summed E-state index contributed by atoms with van der Waals surface area (Å²) in [5.74, 6) is 0.343. The molecule has 106 valence electrons. The number of rotatable bonds is 4. The number of nitrogens with one attached hydrogen (secondary N) is 1. The Balaban J connectivity index is 1.83. The highest BCUT2D eigenvalue weighted by Crippen LogP contribution is 2.25. The molecular formula is C15H12BrN3OS. The summed E-state index contributed by atoms with van der Waals surface area (Å²) in [6, 6.07) is 13.5. The minimum Gasteiger partial charge on any atom is -0.366 e. The lowest BCUT2D eigenvalue weighted by Crippen LogP contribution is -2.11. The first kappa shape index (κ1) is 14.2. The van der Waals surface area contributed by atoms with Gasteiger partial charge in [0.1, 0.15) is 5.52 Å². The van der Waals surface area contributed by atoms with Gasteiger partial charge in [0, 0.05) is 10.2 Å². The number of benzene rings is 2. The fourth-order valence-electron chi connectivity index (χ4n) is 2.01. The molecule has 1 aromatic heterocycles. The SMILES string of the molecule is NC(=O)c1cccc2[nH]c(SCc3ccc(Br)cc3)nc12. The zero-order valence-electron chi connectivity index (χ0n) is 11.0. The Labute approximate surface area is 134 Å². The zero-order valence-corrected chi connectivity index (χ0v) is 13.4. The fourth-order valence-corrected chi connectivity index (χ4v) is 3.11. The summed E-state index contributed by atoms with van der Waals surface area (Å²) in [5.41, 5.74) is 8.47. The Kier molecular flexibility index (Phi) is 3.98. The number of primary amides is 1. The van der Waals surface area contributed by atoms with E-state index >= 15 is 0 Å². The van der Waals surface area contributed by atoms with Gasteiger partial charge in [0.2, 0.25) is 0 Å². The molecule has 3 N–H and O–H groups in total. The number of para-hydroxylation sites is 1. The molecule has 0 unspecified atom stereocenters.